The van der Waals surface area contributed by atoms with Gasteiger partial charge in [0, 0.05) is 19.3 Å². The van der Waals surface area contributed by atoms with Crippen LogP contribution >= 0.6 is 0 Å². The molecule has 0 spiro atoms. The minimum atomic E-state index is -4.15. The second-order valence-electron chi connectivity index (χ2n) is 6.22. The maximum absolute atomic E-state index is 12.7. The first-order valence-electron chi connectivity index (χ1n) is 8.02. The van der Waals surface area contributed by atoms with Gasteiger partial charge >= 0.3 is 6.18 Å². The van der Waals surface area contributed by atoms with Crippen molar-refractivity contribution >= 4 is 5.91 Å². The second kappa shape index (κ2) is 6.81. The van der Waals surface area contributed by atoms with Crippen molar-refractivity contribution in [2.24, 2.45) is 13.0 Å². The Morgan fingerprint density at radius 3 is 2.60 bits per heavy atom. The van der Waals surface area contributed by atoms with Crippen LogP contribution in [0.5, 0.6) is 0 Å². The minimum absolute atomic E-state index is 0.0402. The monoisotopic (exact) mass is 353 g/mol. The van der Waals surface area contributed by atoms with E-state index in [-0.39, 0.29) is 24.6 Å². The molecule has 25 heavy (non-hydrogen) atoms. The van der Waals surface area contributed by atoms with Crippen molar-refractivity contribution in [1.82, 2.24) is 24.8 Å². The van der Waals surface area contributed by atoms with Gasteiger partial charge in [-0.05, 0) is 31.7 Å². The third-order valence-electron chi connectivity index (χ3n) is 4.46. The molecule has 1 saturated carbocycles. The Labute approximate surface area is 142 Å². The molecule has 2 aromatic rings. The first-order chi connectivity index (χ1) is 11.8. The molecule has 0 radical (unpaired) electrons. The van der Waals surface area contributed by atoms with Crippen molar-refractivity contribution in [2.45, 2.75) is 37.9 Å². The summed E-state index contributed by atoms with van der Waals surface area (Å²) in [6, 6.07) is 1.22. The van der Waals surface area contributed by atoms with Crippen molar-refractivity contribution in [3.05, 3.63) is 30.5 Å². The molecule has 9 heteroatoms. The standard InChI is InChI=1S/C16H18F3N5O/c1-24-9-20-8-13(24)14-21-7-6-12(23-14)15(25)22-11-4-2-10(3-5-11)16(17,18)19/h6-11H,2-5H2,1H3,(H,22,25). The fraction of sp³-hybridized carbons (Fsp3) is 0.500. The number of hydrogen-bond acceptors (Lipinski definition) is 4. The lowest BCUT2D eigenvalue weighted by atomic mass is 9.85. The first-order valence-corrected chi connectivity index (χ1v) is 8.02. The van der Waals surface area contributed by atoms with E-state index in [1.54, 1.807) is 24.1 Å². The van der Waals surface area contributed by atoms with Crippen LogP contribution in [-0.4, -0.2) is 37.6 Å². The Morgan fingerprint density at radius 2 is 2.00 bits per heavy atom. The molecule has 2 aromatic heterocycles. The van der Waals surface area contributed by atoms with Gasteiger partial charge in [-0.3, -0.25) is 4.79 Å². The molecule has 0 atom stereocenters. The van der Waals surface area contributed by atoms with Crippen LogP contribution in [0.2, 0.25) is 0 Å². The van der Waals surface area contributed by atoms with Gasteiger partial charge in [-0.25, -0.2) is 15.0 Å². The normalized spacial score (nSPS) is 21.1. The van der Waals surface area contributed by atoms with Gasteiger partial charge in [0.15, 0.2) is 5.82 Å². The number of nitrogens with one attached hydrogen (secondary N) is 1. The highest BCUT2D eigenvalue weighted by Crippen LogP contribution is 2.37. The third kappa shape index (κ3) is 3.97. The van der Waals surface area contributed by atoms with Crippen LogP contribution < -0.4 is 5.32 Å². The number of amides is 1. The summed E-state index contributed by atoms with van der Waals surface area (Å²) in [5.41, 5.74) is 0.851. The SMILES string of the molecule is Cn1cncc1-c1nccc(C(=O)NC2CCC(C(F)(F)F)CC2)n1. The average Bonchev–Trinajstić information content (AvgIpc) is 3.01. The highest BCUT2D eigenvalue weighted by atomic mass is 19.4. The summed E-state index contributed by atoms with van der Waals surface area (Å²) in [5, 5.41) is 2.78. The zero-order valence-corrected chi connectivity index (χ0v) is 13.6. The molecular formula is C16H18F3N5O. The zero-order chi connectivity index (χ0) is 18.0. The van der Waals surface area contributed by atoms with Gasteiger partial charge in [0.05, 0.1) is 18.4 Å². The smallest absolute Gasteiger partial charge is 0.348 e. The predicted molar refractivity (Wildman–Crippen MR) is 83.5 cm³/mol. The molecular weight excluding hydrogens is 335 g/mol. The summed E-state index contributed by atoms with van der Waals surface area (Å²) in [7, 11) is 1.79. The van der Waals surface area contributed by atoms with Gasteiger partial charge < -0.3 is 9.88 Å². The van der Waals surface area contributed by atoms with Crippen LogP contribution in [-0.2, 0) is 7.05 Å². The number of hydrogen-bond donors (Lipinski definition) is 1. The van der Waals surface area contributed by atoms with Crippen molar-refractivity contribution in [2.75, 3.05) is 0 Å². The van der Waals surface area contributed by atoms with E-state index in [2.05, 4.69) is 20.3 Å². The van der Waals surface area contributed by atoms with Crippen molar-refractivity contribution in [3.8, 4) is 11.5 Å². The molecule has 0 aliphatic heterocycles. The first kappa shape index (κ1) is 17.4. The fourth-order valence-electron chi connectivity index (χ4n) is 3.01. The summed E-state index contributed by atoms with van der Waals surface area (Å²) >= 11 is 0. The lowest BCUT2D eigenvalue weighted by Gasteiger charge is -2.30. The third-order valence-corrected chi connectivity index (χ3v) is 4.46. The second-order valence-corrected chi connectivity index (χ2v) is 6.22. The molecule has 1 aliphatic carbocycles. The largest absolute Gasteiger partial charge is 0.391 e. The number of aryl methyl sites for hydroxylation is 1. The number of carbonyl (C=O) groups excluding carboxylic acids is 1. The van der Waals surface area contributed by atoms with E-state index >= 15 is 0 Å². The van der Waals surface area contributed by atoms with E-state index < -0.39 is 18.0 Å². The molecule has 1 N–H and O–H groups in total. The lowest BCUT2D eigenvalue weighted by molar-refractivity contribution is -0.182. The van der Waals surface area contributed by atoms with Crippen LogP contribution in [0.3, 0.4) is 0 Å². The molecule has 3 rings (SSSR count). The van der Waals surface area contributed by atoms with E-state index in [4.69, 9.17) is 0 Å². The van der Waals surface area contributed by atoms with E-state index in [9.17, 15) is 18.0 Å². The van der Waals surface area contributed by atoms with Crippen molar-refractivity contribution < 1.29 is 18.0 Å². The Balaban J connectivity index is 1.64. The van der Waals surface area contributed by atoms with Gasteiger partial charge in [-0.1, -0.05) is 0 Å². The Kier molecular flexibility index (Phi) is 4.73. The van der Waals surface area contributed by atoms with E-state index in [0.717, 1.165) is 0 Å². The Hall–Kier alpha value is -2.45. The van der Waals surface area contributed by atoms with Gasteiger partial charge in [0.1, 0.15) is 11.4 Å². The number of imidazole rings is 1. The summed E-state index contributed by atoms with van der Waals surface area (Å²) < 4.78 is 39.8. The number of aromatic nitrogens is 4. The molecule has 0 unspecified atom stereocenters. The number of nitrogens with zero attached hydrogens (tertiary/aromatic N) is 4. The minimum Gasteiger partial charge on any atom is -0.348 e. The van der Waals surface area contributed by atoms with Gasteiger partial charge in [0.25, 0.3) is 5.91 Å². The molecule has 0 bridgehead atoms. The van der Waals surface area contributed by atoms with E-state index in [1.165, 1.54) is 12.3 Å². The quantitative estimate of drug-likeness (QED) is 0.921. The summed E-state index contributed by atoms with van der Waals surface area (Å²) in [6.45, 7) is 0. The van der Waals surface area contributed by atoms with Crippen LogP contribution in [0, 0.1) is 5.92 Å². The summed E-state index contributed by atoms with van der Waals surface area (Å²) in [5.74, 6) is -1.30. The van der Waals surface area contributed by atoms with Crippen LogP contribution in [0.4, 0.5) is 13.2 Å². The maximum atomic E-state index is 12.7. The van der Waals surface area contributed by atoms with Crippen molar-refractivity contribution in [1.29, 1.82) is 0 Å². The van der Waals surface area contributed by atoms with E-state index in [1.807, 2.05) is 0 Å². The van der Waals surface area contributed by atoms with E-state index in [0.29, 0.717) is 24.4 Å². The Bertz CT molecular complexity index is 750. The zero-order valence-electron chi connectivity index (χ0n) is 13.6. The van der Waals surface area contributed by atoms with Gasteiger partial charge in [0.2, 0.25) is 0 Å². The van der Waals surface area contributed by atoms with Crippen LogP contribution in [0.1, 0.15) is 36.2 Å². The lowest BCUT2D eigenvalue weighted by Crippen LogP contribution is -2.40. The highest BCUT2D eigenvalue weighted by Gasteiger charge is 2.41. The molecule has 0 aromatic carbocycles. The molecule has 134 valence electrons. The number of halogens is 3. The van der Waals surface area contributed by atoms with Crippen LogP contribution in [0.15, 0.2) is 24.8 Å². The van der Waals surface area contributed by atoms with Gasteiger partial charge in [-0.2, -0.15) is 13.2 Å². The molecule has 6 nitrogen and oxygen atoms in total. The van der Waals surface area contributed by atoms with Crippen molar-refractivity contribution in [3.63, 3.8) is 0 Å². The Morgan fingerprint density at radius 1 is 1.28 bits per heavy atom. The topological polar surface area (TPSA) is 72.7 Å². The molecule has 1 aliphatic rings. The molecule has 2 heterocycles. The molecule has 1 fully saturated rings. The fourth-order valence-corrected chi connectivity index (χ4v) is 3.01. The molecule has 0 saturated heterocycles. The number of alkyl halides is 3. The molecule has 1 amide bonds. The predicted octanol–water partition coefficient (Wildman–Crippen LogP) is 2.73. The summed E-state index contributed by atoms with van der Waals surface area (Å²) in [4.78, 5) is 24.7. The van der Waals surface area contributed by atoms with Crippen LogP contribution in [0.25, 0.3) is 11.5 Å². The summed E-state index contributed by atoms with van der Waals surface area (Å²) in [6.07, 6.45) is 1.23. The number of carbonyl (C=O) groups is 1. The van der Waals surface area contributed by atoms with Gasteiger partial charge in [-0.15, -0.1) is 0 Å². The maximum Gasteiger partial charge on any atom is 0.391 e. The highest BCUT2D eigenvalue weighted by molar-refractivity contribution is 5.92. The number of rotatable bonds is 3. The average molecular weight is 353 g/mol.